The first-order valence-corrected chi connectivity index (χ1v) is 25.7. The van der Waals surface area contributed by atoms with E-state index in [9.17, 15) is 0 Å². The third-order valence-corrected chi connectivity index (χ3v) is 15.4. The zero-order valence-corrected chi connectivity index (χ0v) is 41.0. The van der Waals surface area contributed by atoms with E-state index in [1.807, 2.05) is 22.9 Å². The van der Waals surface area contributed by atoms with E-state index in [1.54, 1.807) is 0 Å². The molecular weight excluding hydrogens is 911 g/mol. The van der Waals surface area contributed by atoms with Crippen molar-refractivity contribution in [3.05, 3.63) is 342 Å². The van der Waals surface area contributed by atoms with Gasteiger partial charge in [0.15, 0.2) is 11.6 Å². The predicted octanol–water partition coefficient (Wildman–Crippen LogP) is 16.9. The highest BCUT2D eigenvalue weighted by Gasteiger charge is 2.48. The largest absolute Gasteiger partial charge is 0.310 e. The molecule has 12 aromatic rings. The molecular formula is C70H49N5. The summed E-state index contributed by atoms with van der Waals surface area (Å²) in [5.74, 6) is 1.41. The quantitative estimate of drug-likeness (QED) is 0.144. The number of para-hydroxylation sites is 5. The van der Waals surface area contributed by atoms with E-state index in [2.05, 4.69) is 289 Å². The van der Waals surface area contributed by atoms with Crippen molar-refractivity contribution >= 4 is 34.1 Å². The Morgan fingerprint density at radius 1 is 0.253 bits per heavy atom. The molecule has 14 rings (SSSR count). The van der Waals surface area contributed by atoms with Gasteiger partial charge in [-0.3, -0.25) is 0 Å². The van der Waals surface area contributed by atoms with E-state index in [0.717, 1.165) is 56.8 Å². The molecule has 5 heteroatoms. The van der Waals surface area contributed by atoms with E-state index < -0.39 is 10.8 Å². The zero-order chi connectivity index (χ0) is 49.8. The van der Waals surface area contributed by atoms with Gasteiger partial charge in [0.1, 0.15) is 0 Å². The predicted molar refractivity (Wildman–Crippen MR) is 305 cm³/mol. The number of nitrogens with zero attached hydrogens (tertiary/aromatic N) is 5. The summed E-state index contributed by atoms with van der Waals surface area (Å²) in [4.78, 5) is 10.2. The topological polar surface area (TPSA) is 37.2 Å². The molecule has 0 atom stereocenters. The lowest BCUT2D eigenvalue weighted by Gasteiger charge is -2.46. The zero-order valence-electron chi connectivity index (χ0n) is 41.0. The van der Waals surface area contributed by atoms with Crippen LogP contribution in [0.4, 0.5) is 34.1 Å². The summed E-state index contributed by atoms with van der Waals surface area (Å²) in [6.45, 7) is 0. The molecule has 0 unspecified atom stereocenters. The highest BCUT2D eigenvalue weighted by molar-refractivity contribution is 5.91. The molecule has 0 amide bonds. The van der Waals surface area contributed by atoms with Crippen LogP contribution in [0.25, 0.3) is 28.5 Å². The van der Waals surface area contributed by atoms with Crippen molar-refractivity contribution in [2.45, 2.75) is 10.8 Å². The molecule has 75 heavy (non-hydrogen) atoms. The standard InChI is InChI=1S/C70H49N5/c1-6-24-52(25-7-1)69(53-26-8-2-9-27-53)59-34-16-20-38-63(59)73(64-39-21-17-35-60(64)69)56-46-42-50(43-47-56)67-71-68(75(72-67)58-32-14-5-15-33-58)51-44-48-57(49-45-51)74-65-40-22-18-36-61(65)70(54-28-10-3-11-29-54,55-30-12-4-13-31-55)62-37-19-23-41-66(62)74/h1-49H. The fourth-order valence-corrected chi connectivity index (χ4v) is 12.3. The Morgan fingerprint density at radius 3 is 0.893 bits per heavy atom. The third kappa shape index (κ3) is 6.86. The van der Waals surface area contributed by atoms with Crippen LogP contribution in [0.3, 0.4) is 0 Å². The van der Waals surface area contributed by atoms with Gasteiger partial charge in [0.2, 0.25) is 0 Å². The summed E-state index contributed by atoms with van der Waals surface area (Å²) < 4.78 is 1.97. The molecule has 0 saturated heterocycles. The van der Waals surface area contributed by atoms with Crippen LogP contribution in [0, 0.1) is 0 Å². The lowest BCUT2D eigenvalue weighted by atomic mass is 9.62. The Balaban J connectivity index is 0.852. The van der Waals surface area contributed by atoms with Crippen LogP contribution in [-0.2, 0) is 10.8 Å². The van der Waals surface area contributed by atoms with Crippen molar-refractivity contribution < 1.29 is 0 Å². The Labute approximate surface area is 437 Å². The number of aromatic nitrogens is 3. The molecule has 0 N–H and O–H groups in total. The average Bonchev–Trinajstić information content (AvgIpc) is 3.96. The van der Waals surface area contributed by atoms with Crippen LogP contribution < -0.4 is 9.80 Å². The van der Waals surface area contributed by atoms with Gasteiger partial charge in [0.25, 0.3) is 0 Å². The highest BCUT2D eigenvalue weighted by Crippen LogP contribution is 2.59. The van der Waals surface area contributed by atoms with Crippen LogP contribution in [-0.4, -0.2) is 14.8 Å². The van der Waals surface area contributed by atoms with Crippen molar-refractivity contribution in [2.75, 3.05) is 9.80 Å². The van der Waals surface area contributed by atoms with E-state index in [1.165, 1.54) is 44.5 Å². The maximum Gasteiger partial charge on any atom is 0.182 e. The molecule has 3 heterocycles. The number of anilines is 6. The second-order valence-corrected chi connectivity index (χ2v) is 19.3. The molecule has 0 fully saturated rings. The first-order chi connectivity index (χ1) is 37.2. The molecule has 0 aliphatic carbocycles. The second-order valence-electron chi connectivity index (χ2n) is 19.3. The Kier molecular flexibility index (Phi) is 10.6. The maximum atomic E-state index is 5.35. The molecule has 0 bridgehead atoms. The van der Waals surface area contributed by atoms with Crippen molar-refractivity contribution in [2.24, 2.45) is 0 Å². The molecule has 0 radical (unpaired) electrons. The van der Waals surface area contributed by atoms with Gasteiger partial charge >= 0.3 is 0 Å². The number of hydrogen-bond acceptors (Lipinski definition) is 4. The molecule has 1 aromatic heterocycles. The Hall–Kier alpha value is -9.84. The van der Waals surface area contributed by atoms with E-state index in [4.69, 9.17) is 10.1 Å². The van der Waals surface area contributed by atoms with Crippen LogP contribution in [0.1, 0.15) is 44.5 Å². The molecule has 0 saturated carbocycles. The first kappa shape index (κ1) is 43.9. The van der Waals surface area contributed by atoms with Crippen LogP contribution in [0.15, 0.2) is 297 Å². The SMILES string of the molecule is c1ccc(-n2nc(-c3ccc(N4c5ccccc5C(c5ccccc5)(c5ccccc5)c5ccccc54)cc3)nc2-c2ccc(N3c4ccccc4C(c4ccccc4)(c4ccccc4)c4ccccc43)cc2)cc1. The lowest BCUT2D eigenvalue weighted by Crippen LogP contribution is -2.37. The molecule has 11 aromatic carbocycles. The van der Waals surface area contributed by atoms with Crippen molar-refractivity contribution in [1.82, 2.24) is 14.8 Å². The smallest absolute Gasteiger partial charge is 0.182 e. The van der Waals surface area contributed by atoms with Gasteiger partial charge in [-0.25, -0.2) is 9.67 Å². The van der Waals surface area contributed by atoms with E-state index in [0.29, 0.717) is 5.82 Å². The van der Waals surface area contributed by atoms with Gasteiger partial charge < -0.3 is 9.80 Å². The van der Waals surface area contributed by atoms with Gasteiger partial charge in [-0.2, -0.15) is 0 Å². The minimum Gasteiger partial charge on any atom is -0.310 e. The molecule has 5 nitrogen and oxygen atoms in total. The summed E-state index contributed by atoms with van der Waals surface area (Å²) in [7, 11) is 0. The summed E-state index contributed by atoms with van der Waals surface area (Å²) in [6.07, 6.45) is 0. The maximum absolute atomic E-state index is 5.35. The molecule has 354 valence electrons. The van der Waals surface area contributed by atoms with Crippen molar-refractivity contribution in [3.8, 4) is 28.5 Å². The first-order valence-electron chi connectivity index (χ1n) is 25.7. The number of fused-ring (bicyclic) bond motifs is 4. The van der Waals surface area contributed by atoms with Gasteiger partial charge in [0.05, 0.1) is 39.3 Å². The van der Waals surface area contributed by atoms with Gasteiger partial charge in [-0.05, 0) is 129 Å². The Morgan fingerprint density at radius 2 is 0.547 bits per heavy atom. The highest BCUT2D eigenvalue weighted by atomic mass is 15.4. The van der Waals surface area contributed by atoms with Gasteiger partial charge in [-0.1, -0.05) is 212 Å². The molecule has 2 aliphatic rings. The van der Waals surface area contributed by atoms with Crippen molar-refractivity contribution in [3.63, 3.8) is 0 Å². The van der Waals surface area contributed by atoms with E-state index in [-0.39, 0.29) is 0 Å². The van der Waals surface area contributed by atoms with E-state index >= 15 is 0 Å². The van der Waals surface area contributed by atoms with Crippen molar-refractivity contribution in [1.29, 1.82) is 0 Å². The fourth-order valence-electron chi connectivity index (χ4n) is 12.3. The minimum atomic E-state index is -0.535. The van der Waals surface area contributed by atoms with Crippen LogP contribution in [0.5, 0.6) is 0 Å². The van der Waals surface area contributed by atoms with Crippen LogP contribution >= 0.6 is 0 Å². The van der Waals surface area contributed by atoms with Gasteiger partial charge in [0, 0.05) is 22.5 Å². The monoisotopic (exact) mass is 959 g/mol. The normalized spacial score (nSPS) is 13.8. The Bertz CT molecular complexity index is 3810. The summed E-state index contributed by atoms with van der Waals surface area (Å²) >= 11 is 0. The third-order valence-electron chi connectivity index (χ3n) is 15.4. The summed E-state index contributed by atoms with van der Waals surface area (Å²) in [5, 5.41) is 5.25. The van der Waals surface area contributed by atoms with Crippen LogP contribution in [0.2, 0.25) is 0 Å². The molecule has 0 spiro atoms. The summed E-state index contributed by atoms with van der Waals surface area (Å²) in [5.41, 5.74) is 18.2. The number of benzene rings is 11. The average molecular weight is 960 g/mol. The van der Waals surface area contributed by atoms with Gasteiger partial charge in [-0.15, -0.1) is 5.10 Å². The molecule has 2 aliphatic heterocycles. The second kappa shape index (κ2) is 18.0. The summed E-state index contributed by atoms with van der Waals surface area (Å²) in [6, 6.07) is 107. The lowest BCUT2D eigenvalue weighted by molar-refractivity contribution is 0.731. The fraction of sp³-hybridized carbons (Fsp3) is 0.0286. The number of hydrogen-bond donors (Lipinski definition) is 0. The number of rotatable bonds is 9. The minimum absolute atomic E-state index is 0.533.